The lowest BCUT2D eigenvalue weighted by Gasteiger charge is -2.16. The van der Waals surface area contributed by atoms with Gasteiger partial charge in [-0.3, -0.25) is 9.36 Å². The van der Waals surface area contributed by atoms with Crippen molar-refractivity contribution in [1.82, 2.24) is 24.1 Å². The Kier molecular flexibility index (Phi) is 4.42. The van der Waals surface area contributed by atoms with Crippen molar-refractivity contribution >= 4 is 33.2 Å². The molecule has 0 aliphatic carbocycles. The molecule has 4 aromatic rings. The number of hydrogen-bond acceptors (Lipinski definition) is 4. The van der Waals surface area contributed by atoms with Crippen molar-refractivity contribution in [2.45, 2.75) is 59.5 Å². The number of nitrogens with zero attached hydrogens (tertiary/aromatic N) is 5. The number of fused-ring (bicyclic) bond motifs is 4. The Bertz CT molecular complexity index is 1200. The van der Waals surface area contributed by atoms with Gasteiger partial charge in [-0.2, -0.15) is 0 Å². The third-order valence-corrected chi connectivity index (χ3v) is 5.34. The van der Waals surface area contributed by atoms with Crippen LogP contribution < -0.4 is 5.56 Å². The van der Waals surface area contributed by atoms with Crippen molar-refractivity contribution in [2.75, 3.05) is 0 Å². The maximum atomic E-state index is 13.4. The minimum Gasteiger partial charge on any atom is -0.308 e. The highest BCUT2D eigenvalue weighted by atomic mass is 16.1. The van der Waals surface area contributed by atoms with E-state index < -0.39 is 0 Å². The number of benzene rings is 1. The van der Waals surface area contributed by atoms with E-state index in [0.717, 1.165) is 48.3 Å². The fraction of sp³-hybridized carbons (Fsp3) is 0.429. The van der Waals surface area contributed by atoms with E-state index in [1.807, 2.05) is 31.2 Å². The number of aromatic nitrogens is 5. The van der Waals surface area contributed by atoms with Crippen LogP contribution >= 0.6 is 0 Å². The zero-order valence-electron chi connectivity index (χ0n) is 16.4. The molecule has 1 aromatic carbocycles. The van der Waals surface area contributed by atoms with Crippen LogP contribution in [0.15, 0.2) is 29.1 Å². The molecule has 0 spiro atoms. The Labute approximate surface area is 157 Å². The van der Waals surface area contributed by atoms with Crippen molar-refractivity contribution in [3.05, 3.63) is 40.4 Å². The quantitative estimate of drug-likeness (QED) is 0.528. The summed E-state index contributed by atoms with van der Waals surface area (Å²) in [5.41, 5.74) is 3.74. The SMILES string of the molecule is CCCCn1c2nc3ccccc3nc2c2c(=O)n([C@H](C)CC)c(C)nc21. The first-order chi connectivity index (χ1) is 13.1. The molecule has 27 heavy (non-hydrogen) atoms. The van der Waals surface area contributed by atoms with E-state index in [1.165, 1.54) is 0 Å². The summed E-state index contributed by atoms with van der Waals surface area (Å²) in [5.74, 6) is 0.743. The molecule has 0 saturated heterocycles. The van der Waals surface area contributed by atoms with Crippen LogP contribution in [0.1, 0.15) is 51.9 Å². The maximum absolute atomic E-state index is 13.4. The maximum Gasteiger partial charge on any atom is 0.265 e. The largest absolute Gasteiger partial charge is 0.308 e. The Morgan fingerprint density at radius 1 is 1.04 bits per heavy atom. The summed E-state index contributed by atoms with van der Waals surface area (Å²) < 4.78 is 3.87. The molecule has 3 aromatic heterocycles. The van der Waals surface area contributed by atoms with Gasteiger partial charge in [0.25, 0.3) is 5.56 Å². The first-order valence-electron chi connectivity index (χ1n) is 9.74. The molecule has 3 heterocycles. The van der Waals surface area contributed by atoms with Gasteiger partial charge in [-0.05, 0) is 38.8 Å². The van der Waals surface area contributed by atoms with E-state index in [-0.39, 0.29) is 11.6 Å². The van der Waals surface area contributed by atoms with Crippen LogP contribution in [0.4, 0.5) is 0 Å². The summed E-state index contributed by atoms with van der Waals surface area (Å²) in [4.78, 5) is 27.9. The lowest BCUT2D eigenvalue weighted by atomic mass is 10.2. The van der Waals surface area contributed by atoms with Crippen LogP contribution in [0.2, 0.25) is 0 Å². The summed E-state index contributed by atoms with van der Waals surface area (Å²) in [5, 5.41) is 0.588. The number of para-hydroxylation sites is 2. The summed E-state index contributed by atoms with van der Waals surface area (Å²) >= 11 is 0. The second-order valence-corrected chi connectivity index (χ2v) is 7.18. The fourth-order valence-corrected chi connectivity index (χ4v) is 3.71. The van der Waals surface area contributed by atoms with Gasteiger partial charge in [-0.15, -0.1) is 0 Å². The fourth-order valence-electron chi connectivity index (χ4n) is 3.71. The molecule has 140 valence electrons. The molecule has 0 amide bonds. The third kappa shape index (κ3) is 2.71. The molecule has 0 N–H and O–H groups in total. The molecule has 6 nitrogen and oxygen atoms in total. The average Bonchev–Trinajstić information content (AvgIpc) is 2.96. The molecule has 0 bridgehead atoms. The van der Waals surface area contributed by atoms with Gasteiger partial charge < -0.3 is 4.57 Å². The van der Waals surface area contributed by atoms with Gasteiger partial charge in [0.15, 0.2) is 11.3 Å². The zero-order chi connectivity index (χ0) is 19.1. The van der Waals surface area contributed by atoms with Gasteiger partial charge in [-0.1, -0.05) is 32.4 Å². The van der Waals surface area contributed by atoms with Crippen LogP contribution in [-0.4, -0.2) is 24.1 Å². The van der Waals surface area contributed by atoms with Gasteiger partial charge in [0, 0.05) is 12.6 Å². The minimum absolute atomic E-state index is 0.0170. The Morgan fingerprint density at radius 3 is 2.41 bits per heavy atom. The predicted molar refractivity (Wildman–Crippen MR) is 109 cm³/mol. The molecule has 0 radical (unpaired) electrons. The molecular weight excluding hydrogens is 338 g/mol. The van der Waals surface area contributed by atoms with Crippen LogP contribution in [-0.2, 0) is 6.54 Å². The van der Waals surface area contributed by atoms with Gasteiger partial charge in [-0.25, -0.2) is 15.0 Å². The van der Waals surface area contributed by atoms with E-state index in [0.29, 0.717) is 16.6 Å². The van der Waals surface area contributed by atoms with E-state index in [4.69, 9.17) is 15.0 Å². The third-order valence-electron chi connectivity index (χ3n) is 5.34. The van der Waals surface area contributed by atoms with Crippen LogP contribution in [0.3, 0.4) is 0 Å². The number of hydrogen-bond donors (Lipinski definition) is 0. The van der Waals surface area contributed by atoms with Crippen molar-refractivity contribution in [1.29, 1.82) is 0 Å². The van der Waals surface area contributed by atoms with Crippen molar-refractivity contribution < 1.29 is 0 Å². The zero-order valence-corrected chi connectivity index (χ0v) is 16.4. The van der Waals surface area contributed by atoms with Crippen LogP contribution in [0, 0.1) is 6.92 Å². The molecule has 0 aliphatic rings. The van der Waals surface area contributed by atoms with E-state index in [2.05, 4.69) is 25.3 Å². The molecule has 1 atom stereocenters. The smallest absolute Gasteiger partial charge is 0.265 e. The Hall–Kier alpha value is -2.76. The lowest BCUT2D eigenvalue weighted by Crippen LogP contribution is -2.26. The Morgan fingerprint density at radius 2 is 1.74 bits per heavy atom. The van der Waals surface area contributed by atoms with Gasteiger partial charge in [0.2, 0.25) is 0 Å². The number of rotatable bonds is 5. The van der Waals surface area contributed by atoms with Gasteiger partial charge in [0.05, 0.1) is 11.0 Å². The molecule has 4 rings (SSSR count). The van der Waals surface area contributed by atoms with Gasteiger partial charge >= 0.3 is 0 Å². The molecule has 0 aliphatic heterocycles. The standard InChI is InChI=1S/C21H25N5O/c1-5-7-12-25-19-17(21(27)26(13(3)6-2)14(4)22-19)18-20(25)24-16-11-9-8-10-15(16)23-18/h8-11,13H,5-7,12H2,1-4H3/t13-/m1/s1. The second-order valence-electron chi connectivity index (χ2n) is 7.18. The second kappa shape index (κ2) is 6.76. The predicted octanol–water partition coefficient (Wildman–Crippen LogP) is 4.37. The number of unbranched alkanes of at least 4 members (excludes halogenated alkanes) is 1. The first kappa shape index (κ1) is 17.6. The molecule has 0 saturated carbocycles. The highest BCUT2D eigenvalue weighted by molar-refractivity contribution is 6.04. The summed E-state index contributed by atoms with van der Waals surface area (Å²) in [6.45, 7) is 8.98. The van der Waals surface area contributed by atoms with Crippen molar-refractivity contribution in [3.63, 3.8) is 0 Å². The molecule has 0 unspecified atom stereocenters. The average molecular weight is 363 g/mol. The summed E-state index contributed by atoms with van der Waals surface area (Å²) in [7, 11) is 0. The Balaban J connectivity index is 2.18. The van der Waals surface area contributed by atoms with Crippen molar-refractivity contribution in [2.24, 2.45) is 0 Å². The highest BCUT2D eigenvalue weighted by Crippen LogP contribution is 2.26. The van der Waals surface area contributed by atoms with Crippen molar-refractivity contribution in [3.8, 4) is 0 Å². The van der Waals surface area contributed by atoms with E-state index in [9.17, 15) is 4.79 Å². The lowest BCUT2D eigenvalue weighted by molar-refractivity contribution is 0.496. The number of aryl methyl sites for hydroxylation is 2. The minimum atomic E-state index is -0.0170. The summed E-state index contributed by atoms with van der Waals surface area (Å²) in [6, 6.07) is 7.89. The van der Waals surface area contributed by atoms with Crippen LogP contribution in [0.5, 0.6) is 0 Å². The monoisotopic (exact) mass is 363 g/mol. The van der Waals surface area contributed by atoms with Crippen LogP contribution in [0.25, 0.3) is 33.2 Å². The van der Waals surface area contributed by atoms with Gasteiger partial charge in [0.1, 0.15) is 16.7 Å². The van der Waals surface area contributed by atoms with E-state index >= 15 is 0 Å². The summed E-state index contributed by atoms with van der Waals surface area (Å²) in [6.07, 6.45) is 2.94. The highest BCUT2D eigenvalue weighted by Gasteiger charge is 2.22. The first-order valence-corrected chi connectivity index (χ1v) is 9.74. The molecule has 6 heteroatoms. The molecule has 0 fully saturated rings. The van der Waals surface area contributed by atoms with E-state index in [1.54, 1.807) is 4.57 Å². The topological polar surface area (TPSA) is 65.6 Å². The normalized spacial score (nSPS) is 13.0. The molecular formula is C21H25N5O.